The number of hydrogen-bond donors (Lipinski definition) is 1. The molecule has 0 spiro atoms. The van der Waals surface area contributed by atoms with E-state index < -0.39 is 6.04 Å². The van der Waals surface area contributed by atoms with Crippen LogP contribution in [0.5, 0.6) is 5.75 Å². The first-order valence-corrected chi connectivity index (χ1v) is 8.32. The summed E-state index contributed by atoms with van der Waals surface area (Å²) in [7, 11) is 0. The van der Waals surface area contributed by atoms with E-state index in [0.29, 0.717) is 6.61 Å². The van der Waals surface area contributed by atoms with E-state index >= 15 is 0 Å². The van der Waals surface area contributed by atoms with Gasteiger partial charge >= 0.3 is 0 Å². The fourth-order valence-corrected chi connectivity index (χ4v) is 2.57. The largest absolute Gasteiger partial charge is 0.492 e. The lowest BCUT2D eigenvalue weighted by Crippen LogP contribution is -2.56. The summed E-state index contributed by atoms with van der Waals surface area (Å²) < 4.78 is 5.72. The van der Waals surface area contributed by atoms with E-state index in [1.54, 1.807) is 0 Å². The van der Waals surface area contributed by atoms with Crippen molar-refractivity contribution in [3.8, 4) is 5.75 Å². The summed E-state index contributed by atoms with van der Waals surface area (Å²) in [5, 5.41) is 0. The number of hydrogen-bond acceptors (Lipinski definition) is 4. The highest BCUT2D eigenvalue weighted by atomic mass is 16.5. The van der Waals surface area contributed by atoms with Gasteiger partial charge in [0.1, 0.15) is 12.4 Å². The Morgan fingerprint density at radius 2 is 1.78 bits per heavy atom. The number of ether oxygens (including phenoxy) is 1. The summed E-state index contributed by atoms with van der Waals surface area (Å²) >= 11 is 0. The lowest BCUT2D eigenvalue weighted by Gasteiger charge is -2.38. The lowest BCUT2D eigenvalue weighted by molar-refractivity contribution is -0.136. The van der Waals surface area contributed by atoms with E-state index in [4.69, 9.17) is 10.5 Å². The van der Waals surface area contributed by atoms with Crippen LogP contribution in [0, 0.1) is 5.41 Å². The van der Waals surface area contributed by atoms with E-state index in [9.17, 15) is 4.79 Å². The molecule has 1 fully saturated rings. The molecule has 1 aromatic carbocycles. The molecule has 0 aliphatic carbocycles. The van der Waals surface area contributed by atoms with Gasteiger partial charge in [0, 0.05) is 32.7 Å². The van der Waals surface area contributed by atoms with Crippen LogP contribution in [0.15, 0.2) is 30.3 Å². The third kappa shape index (κ3) is 5.22. The Morgan fingerprint density at radius 3 is 2.35 bits per heavy atom. The number of carbonyl (C=O) groups is 1. The first-order valence-electron chi connectivity index (χ1n) is 8.32. The number of piperazine rings is 1. The third-order valence-electron chi connectivity index (χ3n) is 4.30. The normalized spacial score (nSPS) is 17.8. The van der Waals surface area contributed by atoms with Gasteiger partial charge in [0.25, 0.3) is 0 Å². The molecule has 2 rings (SSSR count). The van der Waals surface area contributed by atoms with Crippen molar-refractivity contribution in [3.63, 3.8) is 0 Å². The third-order valence-corrected chi connectivity index (χ3v) is 4.30. The summed E-state index contributed by atoms with van der Waals surface area (Å²) in [5.41, 5.74) is 5.88. The molecule has 5 heteroatoms. The Bertz CT molecular complexity index is 491. The van der Waals surface area contributed by atoms with Gasteiger partial charge < -0.3 is 15.4 Å². The van der Waals surface area contributed by atoms with Crippen molar-refractivity contribution in [1.82, 2.24) is 9.80 Å². The standard InChI is InChI=1S/C18H29N3O2/c1-18(2,3)16(19)17(22)21-11-9-20(10-12-21)13-14-23-15-7-5-4-6-8-15/h4-8,16H,9-14,19H2,1-3H3/t16-/m1/s1. The van der Waals surface area contributed by atoms with Crippen LogP contribution >= 0.6 is 0 Å². The molecule has 0 bridgehead atoms. The molecular weight excluding hydrogens is 290 g/mol. The molecule has 0 unspecified atom stereocenters. The summed E-state index contributed by atoms with van der Waals surface area (Å²) in [5.74, 6) is 0.968. The Kier molecular flexibility index (Phi) is 6.02. The Hall–Kier alpha value is -1.59. The zero-order valence-corrected chi connectivity index (χ0v) is 14.5. The number of amides is 1. The van der Waals surface area contributed by atoms with Crippen LogP contribution < -0.4 is 10.5 Å². The van der Waals surface area contributed by atoms with E-state index in [0.717, 1.165) is 38.5 Å². The molecule has 1 heterocycles. The number of para-hydroxylation sites is 1. The molecular formula is C18H29N3O2. The molecule has 5 nitrogen and oxygen atoms in total. The molecule has 1 aromatic rings. The number of rotatable bonds is 5. The summed E-state index contributed by atoms with van der Waals surface area (Å²) in [6.45, 7) is 10.8. The van der Waals surface area contributed by atoms with Crippen molar-refractivity contribution in [2.75, 3.05) is 39.3 Å². The fraction of sp³-hybridized carbons (Fsp3) is 0.611. The average molecular weight is 319 g/mol. The molecule has 0 saturated carbocycles. The van der Waals surface area contributed by atoms with Crippen LogP contribution in [0.1, 0.15) is 20.8 Å². The smallest absolute Gasteiger partial charge is 0.240 e. The van der Waals surface area contributed by atoms with Crippen LogP contribution in [0.3, 0.4) is 0 Å². The molecule has 1 amide bonds. The molecule has 1 aliphatic rings. The SMILES string of the molecule is CC(C)(C)[C@H](N)C(=O)N1CCN(CCOc2ccccc2)CC1. The Labute approximate surface area is 139 Å². The van der Waals surface area contributed by atoms with Gasteiger partial charge in [-0.2, -0.15) is 0 Å². The first-order chi connectivity index (χ1) is 10.9. The first kappa shape index (κ1) is 17.8. The van der Waals surface area contributed by atoms with E-state index in [2.05, 4.69) is 4.90 Å². The zero-order chi connectivity index (χ0) is 16.9. The maximum Gasteiger partial charge on any atom is 0.240 e. The molecule has 1 atom stereocenters. The van der Waals surface area contributed by atoms with Gasteiger partial charge in [0.05, 0.1) is 6.04 Å². The predicted octanol–water partition coefficient (Wildman–Crippen LogP) is 1.58. The van der Waals surface area contributed by atoms with Gasteiger partial charge in [0.2, 0.25) is 5.91 Å². The van der Waals surface area contributed by atoms with Gasteiger partial charge in [-0.25, -0.2) is 0 Å². The minimum absolute atomic E-state index is 0.0673. The van der Waals surface area contributed by atoms with E-state index in [-0.39, 0.29) is 11.3 Å². The molecule has 23 heavy (non-hydrogen) atoms. The van der Waals surface area contributed by atoms with Crippen LogP contribution in [-0.2, 0) is 4.79 Å². The van der Waals surface area contributed by atoms with Gasteiger partial charge in [-0.05, 0) is 17.5 Å². The van der Waals surface area contributed by atoms with Gasteiger partial charge in [-0.15, -0.1) is 0 Å². The predicted molar refractivity (Wildman–Crippen MR) is 92.4 cm³/mol. The number of nitrogens with two attached hydrogens (primary N) is 1. The molecule has 2 N–H and O–H groups in total. The highest BCUT2D eigenvalue weighted by molar-refractivity contribution is 5.82. The van der Waals surface area contributed by atoms with Crippen LogP contribution in [-0.4, -0.2) is 61.1 Å². The van der Waals surface area contributed by atoms with Crippen LogP contribution in [0.25, 0.3) is 0 Å². The second-order valence-electron chi connectivity index (χ2n) is 7.17. The van der Waals surface area contributed by atoms with E-state index in [1.165, 1.54) is 0 Å². The van der Waals surface area contributed by atoms with Gasteiger partial charge in [-0.1, -0.05) is 39.0 Å². The highest BCUT2D eigenvalue weighted by Crippen LogP contribution is 2.19. The van der Waals surface area contributed by atoms with Crippen molar-refractivity contribution in [3.05, 3.63) is 30.3 Å². The zero-order valence-electron chi connectivity index (χ0n) is 14.5. The van der Waals surface area contributed by atoms with Crippen molar-refractivity contribution < 1.29 is 9.53 Å². The molecule has 0 aromatic heterocycles. The molecule has 1 aliphatic heterocycles. The Morgan fingerprint density at radius 1 is 1.17 bits per heavy atom. The lowest BCUT2D eigenvalue weighted by atomic mass is 9.86. The Balaban J connectivity index is 1.70. The molecule has 128 valence electrons. The number of nitrogens with zero attached hydrogens (tertiary/aromatic N) is 2. The van der Waals surface area contributed by atoms with Crippen LogP contribution in [0.2, 0.25) is 0 Å². The van der Waals surface area contributed by atoms with Crippen molar-refractivity contribution in [2.24, 2.45) is 11.1 Å². The molecule has 1 saturated heterocycles. The topological polar surface area (TPSA) is 58.8 Å². The highest BCUT2D eigenvalue weighted by Gasteiger charge is 2.32. The van der Waals surface area contributed by atoms with Crippen LogP contribution in [0.4, 0.5) is 0 Å². The summed E-state index contributed by atoms with van der Waals surface area (Å²) in [6.07, 6.45) is 0. The minimum Gasteiger partial charge on any atom is -0.492 e. The maximum absolute atomic E-state index is 12.4. The van der Waals surface area contributed by atoms with Gasteiger partial charge in [-0.3, -0.25) is 9.69 Å². The second-order valence-corrected chi connectivity index (χ2v) is 7.17. The fourth-order valence-electron chi connectivity index (χ4n) is 2.57. The van der Waals surface area contributed by atoms with Crippen molar-refractivity contribution in [1.29, 1.82) is 0 Å². The average Bonchev–Trinajstić information content (AvgIpc) is 2.54. The second kappa shape index (κ2) is 7.79. The summed E-state index contributed by atoms with van der Waals surface area (Å²) in [6, 6.07) is 9.41. The molecule has 0 radical (unpaired) electrons. The van der Waals surface area contributed by atoms with Crippen molar-refractivity contribution in [2.45, 2.75) is 26.8 Å². The number of carbonyl (C=O) groups excluding carboxylic acids is 1. The monoisotopic (exact) mass is 319 g/mol. The van der Waals surface area contributed by atoms with Crippen molar-refractivity contribution >= 4 is 5.91 Å². The van der Waals surface area contributed by atoms with E-state index in [1.807, 2.05) is 56.0 Å². The summed E-state index contributed by atoms with van der Waals surface area (Å²) in [4.78, 5) is 16.6. The quantitative estimate of drug-likeness (QED) is 0.895. The number of benzene rings is 1. The minimum atomic E-state index is -0.435. The maximum atomic E-state index is 12.4. The van der Waals surface area contributed by atoms with Gasteiger partial charge in [0.15, 0.2) is 0 Å².